The highest BCUT2D eigenvalue weighted by molar-refractivity contribution is 9.11. The maximum atomic E-state index is 12.8. The number of allylic oxidation sites excluding steroid dienone is 1. The van der Waals surface area contributed by atoms with Gasteiger partial charge in [0.1, 0.15) is 5.82 Å². The molecule has 4 rings (SSSR count). The van der Waals surface area contributed by atoms with Gasteiger partial charge in [-0.3, -0.25) is 4.79 Å². The minimum atomic E-state index is 0.0708. The predicted molar refractivity (Wildman–Crippen MR) is 123 cm³/mol. The van der Waals surface area contributed by atoms with E-state index < -0.39 is 0 Å². The maximum Gasteiger partial charge on any atom is 0.227 e. The van der Waals surface area contributed by atoms with E-state index in [2.05, 4.69) is 64.3 Å². The molecule has 1 amide bonds. The lowest BCUT2D eigenvalue weighted by Crippen LogP contribution is -2.24. The molecular formula is C24H26BrN3O. The molecule has 29 heavy (non-hydrogen) atoms. The molecule has 0 N–H and O–H groups in total. The molecule has 1 unspecified atom stereocenters. The third-order valence-corrected chi connectivity index (χ3v) is 5.82. The van der Waals surface area contributed by atoms with Crippen LogP contribution in [0.2, 0.25) is 0 Å². The Bertz CT molecular complexity index is 1040. The van der Waals surface area contributed by atoms with E-state index in [-0.39, 0.29) is 11.8 Å². The van der Waals surface area contributed by atoms with Crippen molar-refractivity contribution in [2.24, 2.45) is 0 Å². The van der Waals surface area contributed by atoms with Crippen LogP contribution in [0.3, 0.4) is 0 Å². The Kier molecular flexibility index (Phi) is 5.86. The monoisotopic (exact) mass is 451 g/mol. The van der Waals surface area contributed by atoms with Gasteiger partial charge in [-0.15, -0.1) is 0 Å². The summed E-state index contributed by atoms with van der Waals surface area (Å²) >= 11 is 3.49. The topological polar surface area (TPSA) is 38.1 Å². The smallest absolute Gasteiger partial charge is 0.227 e. The zero-order chi connectivity index (χ0) is 20.4. The van der Waals surface area contributed by atoms with E-state index >= 15 is 0 Å². The summed E-state index contributed by atoms with van der Waals surface area (Å²) in [5.41, 5.74) is 4.35. The number of fused-ring (bicyclic) bond motifs is 1. The van der Waals surface area contributed by atoms with Crippen LogP contribution in [0.25, 0.3) is 11.0 Å². The van der Waals surface area contributed by atoms with Gasteiger partial charge in [0.15, 0.2) is 0 Å². The molecular weight excluding hydrogens is 426 g/mol. The standard InChI is InChI=1S/C24H26BrN3O/c1-3-4-7-18-10-12-20(13-11-18)27-16-19(14-23(27)29)24-26-21-8-5-6-9-22(21)28(24)15-17(2)25/h5-6,8-13,19H,2-4,7,14-16H2,1H3. The molecule has 4 nitrogen and oxygen atoms in total. The summed E-state index contributed by atoms with van der Waals surface area (Å²) in [7, 11) is 0. The third-order valence-electron chi connectivity index (χ3n) is 5.57. The van der Waals surface area contributed by atoms with Crippen molar-refractivity contribution in [1.29, 1.82) is 0 Å². The van der Waals surface area contributed by atoms with Crippen molar-refractivity contribution >= 4 is 38.6 Å². The molecule has 0 radical (unpaired) electrons. The SMILES string of the molecule is C=C(Br)Cn1c(C2CC(=O)N(c3ccc(CCCC)cc3)C2)nc2ccccc21. The summed E-state index contributed by atoms with van der Waals surface area (Å²) < 4.78 is 3.08. The van der Waals surface area contributed by atoms with E-state index in [1.54, 1.807) is 0 Å². The highest BCUT2D eigenvalue weighted by Gasteiger charge is 2.34. The van der Waals surface area contributed by atoms with Gasteiger partial charge in [0.25, 0.3) is 0 Å². The van der Waals surface area contributed by atoms with Crippen LogP contribution in [-0.4, -0.2) is 22.0 Å². The molecule has 0 bridgehead atoms. The molecule has 2 heterocycles. The van der Waals surface area contributed by atoms with Gasteiger partial charge in [0.2, 0.25) is 5.91 Å². The summed E-state index contributed by atoms with van der Waals surface area (Å²) in [6.45, 7) is 7.51. The Balaban J connectivity index is 1.60. The number of benzene rings is 2. The van der Waals surface area contributed by atoms with Gasteiger partial charge >= 0.3 is 0 Å². The van der Waals surface area contributed by atoms with Gasteiger partial charge in [-0.1, -0.05) is 60.1 Å². The van der Waals surface area contributed by atoms with Crippen molar-refractivity contribution in [1.82, 2.24) is 9.55 Å². The number of aryl methyl sites for hydroxylation is 1. The summed E-state index contributed by atoms with van der Waals surface area (Å²) in [5.74, 6) is 1.19. The summed E-state index contributed by atoms with van der Waals surface area (Å²) in [6, 6.07) is 16.6. The molecule has 0 saturated carbocycles. The molecule has 2 aromatic carbocycles. The molecule has 1 atom stereocenters. The van der Waals surface area contributed by atoms with Crippen LogP contribution in [-0.2, 0) is 17.8 Å². The van der Waals surface area contributed by atoms with Crippen LogP contribution in [0.1, 0.15) is 43.5 Å². The van der Waals surface area contributed by atoms with E-state index in [1.165, 1.54) is 18.4 Å². The minimum absolute atomic E-state index is 0.0708. The molecule has 5 heteroatoms. The Morgan fingerprint density at radius 3 is 2.69 bits per heavy atom. The number of hydrogen-bond acceptors (Lipinski definition) is 2. The van der Waals surface area contributed by atoms with Crippen molar-refractivity contribution in [2.75, 3.05) is 11.4 Å². The number of carbonyl (C=O) groups excluding carboxylic acids is 1. The van der Waals surface area contributed by atoms with Crippen molar-refractivity contribution in [2.45, 2.75) is 45.1 Å². The summed E-state index contributed by atoms with van der Waals surface area (Å²) in [5, 5.41) is 0. The van der Waals surface area contributed by atoms with Crippen LogP contribution in [0.4, 0.5) is 5.69 Å². The lowest BCUT2D eigenvalue weighted by Gasteiger charge is -2.18. The first-order chi connectivity index (χ1) is 14.1. The average Bonchev–Trinajstić information content (AvgIpc) is 3.27. The fourth-order valence-corrected chi connectivity index (χ4v) is 4.35. The third kappa shape index (κ3) is 4.15. The second-order valence-electron chi connectivity index (χ2n) is 7.74. The molecule has 1 aliphatic heterocycles. The van der Waals surface area contributed by atoms with Crippen molar-refractivity contribution in [3.63, 3.8) is 0 Å². The highest BCUT2D eigenvalue weighted by Crippen LogP contribution is 2.34. The van der Waals surface area contributed by atoms with E-state index in [9.17, 15) is 4.79 Å². The number of halogens is 1. The van der Waals surface area contributed by atoms with E-state index in [0.717, 1.165) is 33.4 Å². The van der Waals surface area contributed by atoms with E-state index in [1.807, 2.05) is 23.1 Å². The van der Waals surface area contributed by atoms with Gasteiger partial charge in [-0.25, -0.2) is 4.98 Å². The van der Waals surface area contributed by atoms with Crippen molar-refractivity contribution < 1.29 is 4.79 Å². The van der Waals surface area contributed by atoms with Crippen LogP contribution in [0.15, 0.2) is 59.6 Å². The fraction of sp³-hybridized carbons (Fsp3) is 0.333. The number of aromatic nitrogens is 2. The largest absolute Gasteiger partial charge is 0.323 e. The number of imidazole rings is 1. The Morgan fingerprint density at radius 1 is 1.21 bits per heavy atom. The predicted octanol–water partition coefficient (Wildman–Crippen LogP) is 5.81. The van der Waals surface area contributed by atoms with Gasteiger partial charge < -0.3 is 9.47 Å². The molecule has 1 saturated heterocycles. The van der Waals surface area contributed by atoms with Gasteiger partial charge in [-0.05, 0) is 42.7 Å². The summed E-state index contributed by atoms with van der Waals surface area (Å²) in [4.78, 5) is 19.6. The first kappa shape index (κ1) is 19.9. The van der Waals surface area contributed by atoms with Gasteiger partial charge in [-0.2, -0.15) is 0 Å². The first-order valence-corrected chi connectivity index (χ1v) is 11.0. The molecule has 1 fully saturated rings. The lowest BCUT2D eigenvalue weighted by molar-refractivity contribution is -0.117. The average molecular weight is 452 g/mol. The number of para-hydroxylation sites is 2. The number of hydrogen-bond donors (Lipinski definition) is 0. The molecule has 3 aromatic rings. The minimum Gasteiger partial charge on any atom is -0.323 e. The molecule has 1 aliphatic rings. The Morgan fingerprint density at radius 2 is 1.97 bits per heavy atom. The van der Waals surface area contributed by atoms with Crippen molar-refractivity contribution in [3.05, 3.63) is 71.0 Å². The van der Waals surface area contributed by atoms with E-state index in [0.29, 0.717) is 19.5 Å². The zero-order valence-corrected chi connectivity index (χ0v) is 18.4. The van der Waals surface area contributed by atoms with Crippen molar-refractivity contribution in [3.8, 4) is 0 Å². The Labute approximate surface area is 180 Å². The quantitative estimate of drug-likeness (QED) is 0.454. The number of carbonyl (C=O) groups is 1. The van der Waals surface area contributed by atoms with E-state index in [4.69, 9.17) is 4.98 Å². The molecule has 0 spiro atoms. The maximum absolute atomic E-state index is 12.8. The lowest BCUT2D eigenvalue weighted by atomic mass is 10.1. The fourth-order valence-electron chi connectivity index (χ4n) is 4.10. The summed E-state index contributed by atoms with van der Waals surface area (Å²) in [6.07, 6.45) is 3.96. The van der Waals surface area contributed by atoms with Crippen LogP contribution >= 0.6 is 15.9 Å². The molecule has 0 aliphatic carbocycles. The number of amides is 1. The number of rotatable bonds is 7. The van der Waals surface area contributed by atoms with Crippen LogP contribution < -0.4 is 4.90 Å². The van der Waals surface area contributed by atoms with Crippen LogP contribution in [0, 0.1) is 0 Å². The Hall–Kier alpha value is -2.40. The van der Waals surface area contributed by atoms with Gasteiger partial charge in [0.05, 0.1) is 17.6 Å². The second kappa shape index (κ2) is 8.54. The highest BCUT2D eigenvalue weighted by atomic mass is 79.9. The number of nitrogens with zero attached hydrogens (tertiary/aromatic N) is 3. The zero-order valence-electron chi connectivity index (χ0n) is 16.8. The normalized spacial score (nSPS) is 16.7. The van der Waals surface area contributed by atoms with Gasteiger partial charge in [0, 0.05) is 29.1 Å². The molecule has 1 aromatic heterocycles. The first-order valence-electron chi connectivity index (χ1n) is 10.2. The second-order valence-corrected chi connectivity index (χ2v) is 8.86. The number of anilines is 1. The molecule has 150 valence electrons. The van der Waals surface area contributed by atoms with Crippen LogP contribution in [0.5, 0.6) is 0 Å². The number of unbranched alkanes of at least 4 members (excludes halogenated alkanes) is 1.